The number of hydrogen-bond acceptors (Lipinski definition) is 2. The van der Waals surface area contributed by atoms with E-state index in [1.54, 1.807) is 0 Å². The lowest BCUT2D eigenvalue weighted by molar-refractivity contribution is 0.119. The Labute approximate surface area is 75.6 Å². The maximum Gasteiger partial charge on any atom is 0.0445 e. The summed E-state index contributed by atoms with van der Waals surface area (Å²) in [5, 5.41) is 8.88. The molecule has 0 spiro atoms. The van der Waals surface area contributed by atoms with Crippen LogP contribution in [0.4, 0.5) is 0 Å². The van der Waals surface area contributed by atoms with E-state index in [4.69, 9.17) is 5.11 Å². The van der Waals surface area contributed by atoms with Crippen molar-refractivity contribution in [2.75, 3.05) is 19.7 Å². The highest BCUT2D eigenvalue weighted by Gasteiger charge is 2.20. The molecule has 1 N–H and O–H groups in total. The molecule has 12 heavy (non-hydrogen) atoms. The van der Waals surface area contributed by atoms with Crippen molar-refractivity contribution in [1.29, 1.82) is 0 Å². The van der Waals surface area contributed by atoms with Crippen molar-refractivity contribution in [3.05, 3.63) is 0 Å². The van der Waals surface area contributed by atoms with Crippen LogP contribution in [0.25, 0.3) is 0 Å². The van der Waals surface area contributed by atoms with Gasteiger partial charge in [0.05, 0.1) is 0 Å². The van der Waals surface area contributed by atoms with Crippen molar-refractivity contribution in [1.82, 2.24) is 4.90 Å². The molecule has 1 fully saturated rings. The fourth-order valence-corrected chi connectivity index (χ4v) is 2.12. The zero-order valence-electron chi connectivity index (χ0n) is 8.13. The average molecular weight is 171 g/mol. The molecule has 0 aromatic rings. The Hall–Kier alpha value is -0.0800. The van der Waals surface area contributed by atoms with Crippen molar-refractivity contribution in [2.45, 2.75) is 45.1 Å². The minimum absolute atomic E-state index is 0.352. The van der Waals surface area contributed by atoms with Gasteiger partial charge in [-0.1, -0.05) is 13.3 Å². The molecule has 0 bridgehead atoms. The summed E-state index contributed by atoms with van der Waals surface area (Å²) in [5.74, 6) is 0. The molecule has 1 unspecified atom stereocenters. The quantitative estimate of drug-likeness (QED) is 0.695. The second-order valence-electron chi connectivity index (χ2n) is 3.70. The summed E-state index contributed by atoms with van der Waals surface area (Å²) in [7, 11) is 0. The molecule has 1 aliphatic heterocycles. The average Bonchev–Trinajstić information content (AvgIpc) is 2.09. The van der Waals surface area contributed by atoms with Gasteiger partial charge in [-0.25, -0.2) is 0 Å². The number of aliphatic hydroxyl groups excluding tert-OH is 1. The summed E-state index contributed by atoms with van der Waals surface area (Å²) in [6.07, 6.45) is 6.20. The van der Waals surface area contributed by atoms with E-state index in [1.807, 2.05) is 0 Å². The molecule has 0 aliphatic carbocycles. The van der Waals surface area contributed by atoms with E-state index < -0.39 is 0 Å². The Morgan fingerprint density at radius 1 is 1.42 bits per heavy atom. The van der Waals surface area contributed by atoms with E-state index >= 15 is 0 Å². The van der Waals surface area contributed by atoms with Crippen molar-refractivity contribution in [3.63, 3.8) is 0 Å². The second-order valence-corrected chi connectivity index (χ2v) is 3.70. The van der Waals surface area contributed by atoms with Crippen LogP contribution in [0, 0.1) is 0 Å². The fourth-order valence-electron chi connectivity index (χ4n) is 2.12. The van der Waals surface area contributed by atoms with Gasteiger partial charge in [0, 0.05) is 12.6 Å². The fraction of sp³-hybridized carbons (Fsp3) is 1.00. The third-order valence-electron chi connectivity index (χ3n) is 2.72. The van der Waals surface area contributed by atoms with Gasteiger partial charge in [0.15, 0.2) is 0 Å². The number of nitrogens with zero attached hydrogens (tertiary/aromatic N) is 1. The first-order chi connectivity index (χ1) is 5.88. The lowest BCUT2D eigenvalue weighted by Gasteiger charge is -2.35. The lowest BCUT2D eigenvalue weighted by atomic mass is 9.99. The van der Waals surface area contributed by atoms with Crippen molar-refractivity contribution in [3.8, 4) is 0 Å². The molecule has 1 atom stereocenters. The molecule has 2 nitrogen and oxygen atoms in total. The summed E-state index contributed by atoms with van der Waals surface area (Å²) < 4.78 is 0. The summed E-state index contributed by atoms with van der Waals surface area (Å²) >= 11 is 0. The number of aliphatic hydroxyl groups is 1. The Bertz CT molecular complexity index is 98.4. The van der Waals surface area contributed by atoms with Gasteiger partial charge in [0.25, 0.3) is 0 Å². The highest BCUT2D eigenvalue weighted by atomic mass is 16.3. The zero-order chi connectivity index (χ0) is 8.81. The molecular weight excluding hydrogens is 150 g/mol. The van der Waals surface area contributed by atoms with Crippen LogP contribution in [-0.4, -0.2) is 35.7 Å². The van der Waals surface area contributed by atoms with E-state index in [2.05, 4.69) is 11.8 Å². The largest absolute Gasteiger partial charge is 0.396 e. The van der Waals surface area contributed by atoms with Crippen LogP contribution in [-0.2, 0) is 0 Å². The van der Waals surface area contributed by atoms with Gasteiger partial charge in [0.1, 0.15) is 0 Å². The lowest BCUT2D eigenvalue weighted by Crippen LogP contribution is -2.40. The molecule has 72 valence electrons. The van der Waals surface area contributed by atoms with Crippen LogP contribution in [0.2, 0.25) is 0 Å². The van der Waals surface area contributed by atoms with Crippen LogP contribution in [0.3, 0.4) is 0 Å². The number of likely N-dealkylation sites (tertiary alicyclic amines) is 1. The van der Waals surface area contributed by atoms with Crippen LogP contribution in [0.15, 0.2) is 0 Å². The molecule has 1 saturated heterocycles. The van der Waals surface area contributed by atoms with Gasteiger partial charge in [-0.15, -0.1) is 0 Å². The van der Waals surface area contributed by atoms with Crippen molar-refractivity contribution in [2.24, 2.45) is 0 Å². The molecule has 0 saturated carbocycles. The summed E-state index contributed by atoms with van der Waals surface area (Å²) in [5.41, 5.74) is 0. The molecule has 1 aliphatic rings. The molecule has 0 aromatic carbocycles. The highest BCUT2D eigenvalue weighted by molar-refractivity contribution is 4.75. The Balaban J connectivity index is 2.31. The smallest absolute Gasteiger partial charge is 0.0445 e. The molecule has 0 radical (unpaired) electrons. The van der Waals surface area contributed by atoms with Gasteiger partial charge in [0.2, 0.25) is 0 Å². The second kappa shape index (κ2) is 5.55. The van der Waals surface area contributed by atoms with E-state index in [-0.39, 0.29) is 0 Å². The van der Waals surface area contributed by atoms with Crippen LogP contribution < -0.4 is 0 Å². The van der Waals surface area contributed by atoms with Gasteiger partial charge < -0.3 is 10.0 Å². The molecule has 2 heteroatoms. The van der Waals surface area contributed by atoms with Crippen LogP contribution in [0.1, 0.15) is 39.0 Å². The summed E-state index contributed by atoms with van der Waals surface area (Å²) in [6, 6.07) is 0.670. The minimum Gasteiger partial charge on any atom is -0.396 e. The standard InChI is InChI=1S/C10H21NO/c1-2-7-11-8-4-3-5-10(11)6-9-12/h10,12H,2-9H2,1H3. The van der Waals surface area contributed by atoms with Gasteiger partial charge in [-0.2, -0.15) is 0 Å². The molecule has 0 amide bonds. The Morgan fingerprint density at radius 2 is 2.25 bits per heavy atom. The predicted octanol–water partition coefficient (Wildman–Crippen LogP) is 1.63. The van der Waals surface area contributed by atoms with Crippen LogP contribution in [0.5, 0.6) is 0 Å². The van der Waals surface area contributed by atoms with Gasteiger partial charge in [-0.3, -0.25) is 0 Å². The predicted molar refractivity (Wildman–Crippen MR) is 51.2 cm³/mol. The van der Waals surface area contributed by atoms with Crippen molar-refractivity contribution < 1.29 is 5.11 Å². The monoisotopic (exact) mass is 171 g/mol. The van der Waals surface area contributed by atoms with E-state index in [0.29, 0.717) is 12.6 Å². The third-order valence-corrected chi connectivity index (χ3v) is 2.72. The minimum atomic E-state index is 0.352. The van der Waals surface area contributed by atoms with E-state index in [9.17, 15) is 0 Å². The first-order valence-electron chi connectivity index (χ1n) is 5.23. The molecule has 0 aromatic heterocycles. The van der Waals surface area contributed by atoms with Gasteiger partial charge >= 0.3 is 0 Å². The zero-order valence-corrected chi connectivity index (χ0v) is 8.13. The number of piperidine rings is 1. The molecule has 1 rings (SSSR count). The maximum atomic E-state index is 8.88. The first-order valence-corrected chi connectivity index (χ1v) is 5.23. The molecular formula is C10H21NO. The topological polar surface area (TPSA) is 23.5 Å². The Kier molecular flexibility index (Phi) is 4.62. The van der Waals surface area contributed by atoms with Gasteiger partial charge in [-0.05, 0) is 38.8 Å². The van der Waals surface area contributed by atoms with Crippen molar-refractivity contribution >= 4 is 0 Å². The number of rotatable bonds is 4. The summed E-state index contributed by atoms with van der Waals surface area (Å²) in [4.78, 5) is 2.54. The molecule has 1 heterocycles. The normalized spacial score (nSPS) is 26.0. The van der Waals surface area contributed by atoms with E-state index in [0.717, 1.165) is 6.42 Å². The third kappa shape index (κ3) is 2.76. The summed E-state index contributed by atoms with van der Waals surface area (Å²) in [6.45, 7) is 5.04. The van der Waals surface area contributed by atoms with E-state index in [1.165, 1.54) is 38.8 Å². The number of hydrogen-bond donors (Lipinski definition) is 1. The van der Waals surface area contributed by atoms with Crippen LogP contribution >= 0.6 is 0 Å². The maximum absolute atomic E-state index is 8.88. The Morgan fingerprint density at radius 3 is 2.92 bits per heavy atom. The highest BCUT2D eigenvalue weighted by Crippen LogP contribution is 2.19. The SMILES string of the molecule is CCCN1CCCCC1CCO. The first kappa shape index (κ1) is 10.0.